The highest BCUT2D eigenvalue weighted by molar-refractivity contribution is 4.77. The highest BCUT2D eigenvalue weighted by atomic mass is 16.3. The Hall–Kier alpha value is -0.120. The maximum atomic E-state index is 9.21. The predicted octanol–water partition coefficient (Wildman–Crippen LogP) is 1.22. The van der Waals surface area contributed by atoms with Crippen LogP contribution in [0.25, 0.3) is 0 Å². The van der Waals surface area contributed by atoms with Crippen molar-refractivity contribution in [3.63, 3.8) is 0 Å². The van der Waals surface area contributed by atoms with E-state index in [2.05, 4.69) is 24.1 Å². The molecule has 3 heteroatoms. The standard InChI is InChI=1S/C12H26N2O/c1-3-7-13-12(10-15)6-9-14-8-4-5-11(14)2/h11-13,15H,3-10H2,1-2H3. The molecule has 0 spiro atoms. The van der Waals surface area contributed by atoms with Gasteiger partial charge in [0.15, 0.2) is 0 Å². The third-order valence-electron chi connectivity index (χ3n) is 3.36. The molecule has 2 atom stereocenters. The summed E-state index contributed by atoms with van der Waals surface area (Å²) in [5.41, 5.74) is 0. The van der Waals surface area contributed by atoms with E-state index in [-0.39, 0.29) is 12.6 Å². The van der Waals surface area contributed by atoms with Gasteiger partial charge >= 0.3 is 0 Å². The van der Waals surface area contributed by atoms with Crippen LogP contribution < -0.4 is 5.32 Å². The minimum absolute atomic E-state index is 0.266. The van der Waals surface area contributed by atoms with Crippen molar-refractivity contribution in [2.45, 2.75) is 51.6 Å². The summed E-state index contributed by atoms with van der Waals surface area (Å²) in [5.74, 6) is 0. The van der Waals surface area contributed by atoms with Crippen molar-refractivity contribution >= 4 is 0 Å². The SMILES string of the molecule is CCCNC(CO)CCN1CCCC1C. The van der Waals surface area contributed by atoms with E-state index in [9.17, 15) is 5.11 Å². The summed E-state index contributed by atoms with van der Waals surface area (Å²) in [7, 11) is 0. The average molecular weight is 214 g/mol. The van der Waals surface area contributed by atoms with Crippen molar-refractivity contribution in [2.75, 3.05) is 26.2 Å². The van der Waals surface area contributed by atoms with E-state index >= 15 is 0 Å². The first kappa shape index (κ1) is 12.9. The van der Waals surface area contributed by atoms with Crippen LogP contribution in [0.1, 0.15) is 39.5 Å². The summed E-state index contributed by atoms with van der Waals surface area (Å²) in [6, 6.07) is 1.04. The van der Waals surface area contributed by atoms with Crippen LogP contribution in [0.5, 0.6) is 0 Å². The maximum absolute atomic E-state index is 9.21. The summed E-state index contributed by atoms with van der Waals surface area (Å²) >= 11 is 0. The Kier molecular flexibility index (Phi) is 6.22. The molecule has 0 saturated carbocycles. The normalized spacial score (nSPS) is 24.6. The lowest BCUT2D eigenvalue weighted by molar-refractivity contribution is 0.203. The van der Waals surface area contributed by atoms with Gasteiger partial charge in [-0.15, -0.1) is 0 Å². The Balaban J connectivity index is 2.15. The van der Waals surface area contributed by atoms with Gasteiger partial charge in [0, 0.05) is 12.1 Å². The molecule has 2 N–H and O–H groups in total. The van der Waals surface area contributed by atoms with Crippen molar-refractivity contribution in [3.05, 3.63) is 0 Å². The van der Waals surface area contributed by atoms with Crippen LogP contribution in [0.4, 0.5) is 0 Å². The fourth-order valence-corrected chi connectivity index (χ4v) is 2.25. The molecule has 0 aromatic heterocycles. The van der Waals surface area contributed by atoms with E-state index in [4.69, 9.17) is 0 Å². The van der Waals surface area contributed by atoms with Crippen molar-refractivity contribution in [2.24, 2.45) is 0 Å². The summed E-state index contributed by atoms with van der Waals surface area (Å²) in [6.45, 7) is 8.11. The van der Waals surface area contributed by atoms with Crippen LogP contribution in [0, 0.1) is 0 Å². The summed E-state index contributed by atoms with van der Waals surface area (Å²) in [6.07, 6.45) is 4.89. The number of likely N-dealkylation sites (tertiary alicyclic amines) is 1. The van der Waals surface area contributed by atoms with Gasteiger partial charge in [0.1, 0.15) is 0 Å². The molecule has 1 heterocycles. The van der Waals surface area contributed by atoms with Gasteiger partial charge in [-0.3, -0.25) is 0 Å². The highest BCUT2D eigenvalue weighted by Gasteiger charge is 2.20. The molecule has 2 unspecified atom stereocenters. The van der Waals surface area contributed by atoms with Crippen molar-refractivity contribution in [1.29, 1.82) is 0 Å². The van der Waals surface area contributed by atoms with Gasteiger partial charge < -0.3 is 15.3 Å². The van der Waals surface area contributed by atoms with Crippen molar-refractivity contribution < 1.29 is 5.11 Å². The summed E-state index contributed by atoms with van der Waals surface area (Å²) in [4.78, 5) is 2.54. The van der Waals surface area contributed by atoms with E-state index in [1.165, 1.54) is 19.4 Å². The Morgan fingerprint density at radius 3 is 2.87 bits per heavy atom. The molecule has 0 radical (unpaired) electrons. The number of hydrogen-bond donors (Lipinski definition) is 2. The molecule has 1 rings (SSSR count). The molecule has 90 valence electrons. The van der Waals surface area contributed by atoms with Crippen LogP contribution >= 0.6 is 0 Å². The Morgan fingerprint density at radius 2 is 2.33 bits per heavy atom. The second kappa shape index (κ2) is 7.20. The number of hydrogen-bond acceptors (Lipinski definition) is 3. The molecule has 1 saturated heterocycles. The Labute approximate surface area is 93.9 Å². The minimum Gasteiger partial charge on any atom is -0.395 e. The third-order valence-corrected chi connectivity index (χ3v) is 3.36. The largest absolute Gasteiger partial charge is 0.395 e. The number of aliphatic hydroxyl groups is 1. The van der Waals surface area contributed by atoms with E-state index in [0.29, 0.717) is 0 Å². The minimum atomic E-state index is 0.266. The average Bonchev–Trinajstić information content (AvgIpc) is 2.65. The van der Waals surface area contributed by atoms with Gasteiger partial charge in [-0.25, -0.2) is 0 Å². The van der Waals surface area contributed by atoms with Gasteiger partial charge in [-0.1, -0.05) is 6.92 Å². The summed E-state index contributed by atoms with van der Waals surface area (Å²) in [5, 5.41) is 12.6. The quantitative estimate of drug-likeness (QED) is 0.669. The van der Waals surface area contributed by atoms with Gasteiger partial charge in [-0.2, -0.15) is 0 Å². The van der Waals surface area contributed by atoms with Crippen molar-refractivity contribution in [1.82, 2.24) is 10.2 Å². The lowest BCUT2D eigenvalue weighted by Crippen LogP contribution is -2.38. The lowest BCUT2D eigenvalue weighted by Gasteiger charge is -2.24. The van der Waals surface area contributed by atoms with Gasteiger partial charge in [0.25, 0.3) is 0 Å². The van der Waals surface area contributed by atoms with Crippen LogP contribution in [0.2, 0.25) is 0 Å². The van der Waals surface area contributed by atoms with E-state index in [1.54, 1.807) is 0 Å². The van der Waals surface area contributed by atoms with Gasteiger partial charge in [0.2, 0.25) is 0 Å². The van der Waals surface area contributed by atoms with E-state index in [0.717, 1.165) is 32.0 Å². The molecule has 0 aliphatic carbocycles. The van der Waals surface area contributed by atoms with Gasteiger partial charge in [0.05, 0.1) is 6.61 Å². The zero-order valence-electron chi connectivity index (χ0n) is 10.2. The first-order valence-electron chi connectivity index (χ1n) is 6.36. The molecule has 0 amide bonds. The molecule has 15 heavy (non-hydrogen) atoms. The van der Waals surface area contributed by atoms with Crippen LogP contribution in [0.15, 0.2) is 0 Å². The van der Waals surface area contributed by atoms with Crippen LogP contribution in [0.3, 0.4) is 0 Å². The van der Waals surface area contributed by atoms with Crippen molar-refractivity contribution in [3.8, 4) is 0 Å². The fraction of sp³-hybridized carbons (Fsp3) is 1.00. The monoisotopic (exact) mass is 214 g/mol. The fourth-order valence-electron chi connectivity index (χ4n) is 2.25. The Morgan fingerprint density at radius 1 is 1.53 bits per heavy atom. The highest BCUT2D eigenvalue weighted by Crippen LogP contribution is 2.16. The molecule has 3 nitrogen and oxygen atoms in total. The second-order valence-corrected chi connectivity index (χ2v) is 4.65. The van der Waals surface area contributed by atoms with Gasteiger partial charge in [-0.05, 0) is 52.2 Å². The summed E-state index contributed by atoms with van der Waals surface area (Å²) < 4.78 is 0. The number of nitrogens with one attached hydrogen (secondary N) is 1. The molecule has 1 aliphatic rings. The molecular weight excluding hydrogens is 188 g/mol. The molecular formula is C12H26N2O. The smallest absolute Gasteiger partial charge is 0.0585 e. The first-order chi connectivity index (χ1) is 7.27. The molecule has 1 fully saturated rings. The van der Waals surface area contributed by atoms with Crippen LogP contribution in [-0.4, -0.2) is 48.3 Å². The first-order valence-corrected chi connectivity index (χ1v) is 6.36. The molecule has 0 aromatic carbocycles. The van der Waals surface area contributed by atoms with E-state index < -0.39 is 0 Å². The molecule has 0 aromatic rings. The predicted molar refractivity (Wildman–Crippen MR) is 64.1 cm³/mol. The number of aliphatic hydroxyl groups excluding tert-OH is 1. The lowest BCUT2D eigenvalue weighted by atomic mass is 10.2. The topological polar surface area (TPSA) is 35.5 Å². The third kappa shape index (κ3) is 4.49. The zero-order chi connectivity index (χ0) is 11.1. The molecule has 1 aliphatic heterocycles. The maximum Gasteiger partial charge on any atom is 0.0585 e. The Bertz CT molecular complexity index is 164. The number of nitrogens with zero attached hydrogens (tertiary/aromatic N) is 1. The zero-order valence-corrected chi connectivity index (χ0v) is 10.2. The van der Waals surface area contributed by atoms with E-state index in [1.807, 2.05) is 0 Å². The second-order valence-electron chi connectivity index (χ2n) is 4.65. The molecule has 0 bridgehead atoms. The number of rotatable bonds is 7. The van der Waals surface area contributed by atoms with Crippen LogP contribution in [-0.2, 0) is 0 Å².